The highest BCUT2D eigenvalue weighted by atomic mass is 19.4. The van der Waals surface area contributed by atoms with Crippen molar-refractivity contribution in [1.82, 2.24) is 15.4 Å². The van der Waals surface area contributed by atoms with Gasteiger partial charge in [-0.25, -0.2) is 0 Å². The van der Waals surface area contributed by atoms with Crippen LogP contribution in [0.4, 0.5) is 13.2 Å². The van der Waals surface area contributed by atoms with E-state index >= 15 is 0 Å². The molecule has 2 atom stereocenters. The minimum Gasteiger partial charge on any atom is -0.406 e. The number of hydrogen-bond acceptors (Lipinski definition) is 5. The summed E-state index contributed by atoms with van der Waals surface area (Å²) in [7, 11) is 0. The molecule has 2 amide bonds. The number of rotatable bonds is 5. The molecule has 2 unspecified atom stereocenters. The van der Waals surface area contributed by atoms with Gasteiger partial charge in [0.25, 0.3) is 5.91 Å². The number of nitrogens with zero attached hydrogens (tertiary/aromatic N) is 2. The highest BCUT2D eigenvalue weighted by Crippen LogP contribution is 2.29. The summed E-state index contributed by atoms with van der Waals surface area (Å²) in [6, 6.07) is 5.66. The van der Waals surface area contributed by atoms with Gasteiger partial charge in [0.1, 0.15) is 11.8 Å². The Hall–Kier alpha value is -3.04. The van der Waals surface area contributed by atoms with Gasteiger partial charge in [-0.3, -0.25) is 9.59 Å². The van der Waals surface area contributed by atoms with Crippen molar-refractivity contribution in [3.63, 3.8) is 0 Å². The zero-order chi connectivity index (χ0) is 25.6. The molecule has 1 fully saturated rings. The molecule has 1 aromatic heterocycles. The van der Waals surface area contributed by atoms with E-state index in [1.54, 1.807) is 6.92 Å². The molecule has 2 heterocycles. The Kier molecular flexibility index (Phi) is 9.12. The summed E-state index contributed by atoms with van der Waals surface area (Å²) in [5, 5.41) is 6.66. The molecule has 1 aromatic carbocycles. The van der Waals surface area contributed by atoms with Gasteiger partial charge in [-0.1, -0.05) is 51.9 Å². The van der Waals surface area contributed by atoms with Crippen molar-refractivity contribution in [2.24, 2.45) is 11.8 Å². The van der Waals surface area contributed by atoms with E-state index in [9.17, 15) is 22.8 Å². The summed E-state index contributed by atoms with van der Waals surface area (Å²) < 4.78 is 46.4. The van der Waals surface area contributed by atoms with Crippen LogP contribution in [0.3, 0.4) is 0 Å². The molecule has 0 spiro atoms. The number of amides is 2. The van der Waals surface area contributed by atoms with E-state index in [4.69, 9.17) is 4.52 Å². The third kappa shape index (κ3) is 8.07. The molecule has 1 saturated heterocycles. The highest BCUT2D eigenvalue weighted by molar-refractivity contribution is 5.97. The van der Waals surface area contributed by atoms with Gasteiger partial charge < -0.3 is 19.5 Å². The maximum Gasteiger partial charge on any atom is 0.573 e. The van der Waals surface area contributed by atoms with Crippen LogP contribution in [0.1, 0.15) is 58.5 Å². The average molecular weight is 484 g/mol. The average Bonchev–Trinajstić information content (AvgIpc) is 3.18. The first-order valence-electron chi connectivity index (χ1n) is 11.2. The molecular formula is C24H32F3N3O4. The second-order valence-corrected chi connectivity index (χ2v) is 9.35. The van der Waals surface area contributed by atoms with Crippen molar-refractivity contribution in [3.8, 4) is 17.1 Å². The van der Waals surface area contributed by atoms with Crippen molar-refractivity contribution in [2.45, 2.75) is 66.4 Å². The van der Waals surface area contributed by atoms with Crippen LogP contribution in [0.2, 0.25) is 0 Å². The zero-order valence-electron chi connectivity index (χ0n) is 20.3. The molecule has 0 bridgehead atoms. The molecule has 1 aliphatic heterocycles. The number of carbonyl (C=O) groups is 2. The molecule has 2 aromatic rings. The molecule has 1 N–H and O–H groups in total. The molecule has 10 heteroatoms. The van der Waals surface area contributed by atoms with Gasteiger partial charge in [0.05, 0.1) is 0 Å². The van der Waals surface area contributed by atoms with Gasteiger partial charge in [0.15, 0.2) is 11.5 Å². The SMILES string of the molecule is CC(C)C.CC(C)CC1CN(C(=O)c2cc(-c3cccc(OC(F)(F)F)c3)on2)C(C)C(=O)N1. The molecule has 0 saturated carbocycles. The number of nitrogens with one attached hydrogen (secondary N) is 1. The maximum atomic E-state index is 12.9. The molecule has 0 aliphatic carbocycles. The first kappa shape index (κ1) is 27.2. The van der Waals surface area contributed by atoms with E-state index in [1.807, 2.05) is 13.8 Å². The normalized spacial score (nSPS) is 18.4. The van der Waals surface area contributed by atoms with Crippen LogP contribution in [0.15, 0.2) is 34.9 Å². The van der Waals surface area contributed by atoms with E-state index in [-0.39, 0.29) is 29.0 Å². The summed E-state index contributed by atoms with van der Waals surface area (Å²) in [4.78, 5) is 26.6. The molecule has 3 rings (SSSR count). The van der Waals surface area contributed by atoms with Gasteiger partial charge in [-0.15, -0.1) is 13.2 Å². The van der Waals surface area contributed by atoms with Crippen molar-refractivity contribution < 1.29 is 32.0 Å². The van der Waals surface area contributed by atoms with E-state index < -0.39 is 24.1 Å². The number of alkyl halides is 3. The lowest BCUT2D eigenvalue weighted by Crippen LogP contribution is -2.60. The second-order valence-electron chi connectivity index (χ2n) is 9.35. The van der Waals surface area contributed by atoms with Gasteiger partial charge in [-0.2, -0.15) is 0 Å². The summed E-state index contributed by atoms with van der Waals surface area (Å²) in [6.45, 7) is 12.5. The number of ether oxygens (including phenoxy) is 1. The highest BCUT2D eigenvalue weighted by Gasteiger charge is 2.36. The van der Waals surface area contributed by atoms with E-state index in [0.717, 1.165) is 24.5 Å². The summed E-state index contributed by atoms with van der Waals surface area (Å²) in [6.07, 6.45) is -4.10. The minimum absolute atomic E-state index is 0.0306. The standard InChI is InChI=1S/C20H22F3N3O4.C4H10/c1-11(2)7-14-10-26(12(3)18(27)24-14)19(28)16-9-17(30-25-16)13-5-4-6-15(8-13)29-20(21,22)23;1-4(2)3/h4-6,8-9,11-12,14H,7,10H2,1-3H3,(H,24,27);4H,1-3H3. The maximum absolute atomic E-state index is 12.9. The van der Waals surface area contributed by atoms with Crippen LogP contribution in [0.25, 0.3) is 11.3 Å². The van der Waals surface area contributed by atoms with Gasteiger partial charge in [0.2, 0.25) is 5.91 Å². The third-order valence-electron chi connectivity index (χ3n) is 4.71. The molecule has 1 aliphatic rings. The Bertz CT molecular complexity index is 970. The van der Waals surface area contributed by atoms with E-state index in [2.05, 4.69) is 36.0 Å². The Morgan fingerprint density at radius 2 is 1.88 bits per heavy atom. The quantitative estimate of drug-likeness (QED) is 0.626. The van der Waals surface area contributed by atoms with Crippen LogP contribution in [-0.2, 0) is 4.79 Å². The molecule has 7 nitrogen and oxygen atoms in total. The zero-order valence-corrected chi connectivity index (χ0v) is 20.3. The lowest BCUT2D eigenvalue weighted by molar-refractivity contribution is -0.274. The van der Waals surface area contributed by atoms with Crippen molar-refractivity contribution >= 4 is 11.8 Å². The monoisotopic (exact) mass is 483 g/mol. The van der Waals surface area contributed by atoms with Crippen LogP contribution < -0.4 is 10.1 Å². The minimum atomic E-state index is -4.82. The van der Waals surface area contributed by atoms with Crippen LogP contribution >= 0.6 is 0 Å². The predicted octanol–water partition coefficient (Wildman–Crippen LogP) is 5.28. The van der Waals surface area contributed by atoms with E-state index in [1.165, 1.54) is 23.1 Å². The van der Waals surface area contributed by atoms with Crippen molar-refractivity contribution in [2.75, 3.05) is 6.54 Å². The lowest BCUT2D eigenvalue weighted by atomic mass is 9.99. The van der Waals surface area contributed by atoms with Crippen LogP contribution in [-0.4, -0.2) is 46.9 Å². The summed E-state index contributed by atoms with van der Waals surface area (Å²) >= 11 is 0. The fourth-order valence-corrected chi connectivity index (χ4v) is 3.37. The number of halogens is 3. The second kappa shape index (κ2) is 11.4. The van der Waals surface area contributed by atoms with Crippen LogP contribution in [0.5, 0.6) is 5.75 Å². The number of piperazine rings is 1. The number of aromatic nitrogens is 1. The van der Waals surface area contributed by atoms with Crippen molar-refractivity contribution in [3.05, 3.63) is 36.0 Å². The van der Waals surface area contributed by atoms with Crippen molar-refractivity contribution in [1.29, 1.82) is 0 Å². The molecule has 0 radical (unpaired) electrons. The largest absolute Gasteiger partial charge is 0.573 e. The summed E-state index contributed by atoms with van der Waals surface area (Å²) in [5.41, 5.74) is 0.238. The van der Waals surface area contributed by atoms with Gasteiger partial charge in [-0.05, 0) is 37.3 Å². The predicted molar refractivity (Wildman–Crippen MR) is 121 cm³/mol. The molecular weight excluding hydrogens is 451 g/mol. The number of carbonyl (C=O) groups excluding carboxylic acids is 2. The fraction of sp³-hybridized carbons (Fsp3) is 0.542. The Balaban J connectivity index is 0.000000945. The fourth-order valence-electron chi connectivity index (χ4n) is 3.37. The Morgan fingerprint density at radius 1 is 1.24 bits per heavy atom. The molecule has 34 heavy (non-hydrogen) atoms. The Labute approximate surface area is 197 Å². The Morgan fingerprint density at radius 3 is 2.47 bits per heavy atom. The number of hydrogen-bond donors (Lipinski definition) is 1. The summed E-state index contributed by atoms with van der Waals surface area (Å²) in [5.74, 6) is 0.135. The van der Waals surface area contributed by atoms with Gasteiger partial charge >= 0.3 is 6.36 Å². The lowest BCUT2D eigenvalue weighted by Gasteiger charge is -2.38. The van der Waals surface area contributed by atoms with E-state index in [0.29, 0.717) is 12.5 Å². The smallest absolute Gasteiger partial charge is 0.406 e. The molecule has 188 valence electrons. The van der Waals surface area contributed by atoms with Gasteiger partial charge in [0, 0.05) is 24.2 Å². The third-order valence-corrected chi connectivity index (χ3v) is 4.71. The van der Waals surface area contributed by atoms with Crippen LogP contribution in [0, 0.1) is 11.8 Å². The first-order chi connectivity index (χ1) is 15.8. The topological polar surface area (TPSA) is 84.7 Å². The first-order valence-corrected chi connectivity index (χ1v) is 11.2. The number of benzene rings is 1.